The van der Waals surface area contributed by atoms with E-state index in [2.05, 4.69) is 31.9 Å². The Bertz CT molecular complexity index is 866. The van der Waals surface area contributed by atoms with E-state index in [9.17, 15) is 19.2 Å². The monoisotopic (exact) mass is 447 g/mol. The minimum Gasteiger partial charge on any atom is -0.462 e. The van der Waals surface area contributed by atoms with Gasteiger partial charge in [-0.15, -0.1) is 0 Å². The van der Waals surface area contributed by atoms with Crippen LogP contribution in [0.25, 0.3) is 0 Å². The summed E-state index contributed by atoms with van der Waals surface area (Å²) in [5.74, 6) is -2.79. The van der Waals surface area contributed by atoms with Crippen LogP contribution in [0.4, 0.5) is 11.4 Å². The molecule has 2 aromatic rings. The Kier molecular flexibility index (Phi) is 7.70. The molecule has 0 spiro atoms. The van der Waals surface area contributed by atoms with Gasteiger partial charge in [0.1, 0.15) is 0 Å². The molecule has 0 aromatic heterocycles. The molecule has 0 saturated heterocycles. The normalized spacial score (nSPS) is 9.93. The molecular formula is C19H18BrN3O5. The minimum atomic E-state index is -0.935. The summed E-state index contributed by atoms with van der Waals surface area (Å²) in [6.45, 7) is 1.60. The zero-order valence-electron chi connectivity index (χ0n) is 15.0. The van der Waals surface area contributed by atoms with Gasteiger partial charge in [-0.25, -0.2) is 4.79 Å². The fourth-order valence-electron chi connectivity index (χ4n) is 2.07. The van der Waals surface area contributed by atoms with Gasteiger partial charge in [0.05, 0.1) is 18.7 Å². The summed E-state index contributed by atoms with van der Waals surface area (Å²) in [5.41, 5.74) is 1.25. The second kappa shape index (κ2) is 10.2. The highest BCUT2D eigenvalue weighted by Gasteiger charge is 2.15. The fraction of sp³-hybridized carbons (Fsp3) is 0.158. The number of rotatable bonds is 6. The first-order valence-corrected chi connectivity index (χ1v) is 9.10. The summed E-state index contributed by atoms with van der Waals surface area (Å²) in [4.78, 5) is 47.1. The first-order chi connectivity index (χ1) is 13.4. The van der Waals surface area contributed by atoms with Crippen LogP contribution in [-0.2, 0) is 19.1 Å². The molecule has 0 atom stereocenters. The van der Waals surface area contributed by atoms with Gasteiger partial charge in [-0.05, 0) is 55.5 Å². The zero-order chi connectivity index (χ0) is 20.5. The molecule has 146 valence electrons. The minimum absolute atomic E-state index is 0.270. The third-order valence-electron chi connectivity index (χ3n) is 3.40. The van der Waals surface area contributed by atoms with Crippen molar-refractivity contribution < 1.29 is 23.9 Å². The Labute approximate surface area is 169 Å². The smallest absolute Gasteiger partial charge is 0.338 e. The highest BCUT2D eigenvalue weighted by molar-refractivity contribution is 9.10. The first-order valence-electron chi connectivity index (χ1n) is 8.31. The summed E-state index contributed by atoms with van der Waals surface area (Å²) in [5, 5.41) is 7.20. The molecular weight excluding hydrogens is 430 g/mol. The van der Waals surface area contributed by atoms with Gasteiger partial charge in [0.25, 0.3) is 0 Å². The number of ether oxygens (including phenoxy) is 1. The van der Waals surface area contributed by atoms with E-state index in [1.807, 2.05) is 0 Å². The highest BCUT2D eigenvalue weighted by Crippen LogP contribution is 2.14. The summed E-state index contributed by atoms with van der Waals surface area (Å²) >= 11 is 3.27. The Morgan fingerprint density at radius 1 is 0.857 bits per heavy atom. The summed E-state index contributed by atoms with van der Waals surface area (Å²) in [7, 11) is 0. The Hall–Kier alpha value is -3.20. The van der Waals surface area contributed by atoms with Crippen LogP contribution in [-0.4, -0.2) is 36.8 Å². The van der Waals surface area contributed by atoms with Crippen LogP contribution in [0.2, 0.25) is 0 Å². The van der Waals surface area contributed by atoms with Crippen molar-refractivity contribution in [3.63, 3.8) is 0 Å². The lowest BCUT2D eigenvalue weighted by molar-refractivity contribution is -0.136. The number of anilines is 2. The predicted molar refractivity (Wildman–Crippen MR) is 107 cm³/mol. The fourth-order valence-corrected chi connectivity index (χ4v) is 2.34. The molecule has 0 aliphatic rings. The molecule has 3 amide bonds. The Balaban J connectivity index is 1.79. The van der Waals surface area contributed by atoms with Crippen LogP contribution in [0.1, 0.15) is 17.3 Å². The molecule has 0 radical (unpaired) electrons. The van der Waals surface area contributed by atoms with Crippen molar-refractivity contribution in [3.8, 4) is 0 Å². The van der Waals surface area contributed by atoms with Crippen molar-refractivity contribution in [2.75, 3.05) is 23.8 Å². The van der Waals surface area contributed by atoms with Crippen molar-refractivity contribution in [2.24, 2.45) is 0 Å². The molecule has 2 rings (SSSR count). The molecule has 9 heteroatoms. The second-order valence-corrected chi connectivity index (χ2v) is 6.41. The standard InChI is InChI=1S/C19H18BrN3O5/c1-2-28-19(27)12-3-7-14(8-4-12)22-16(24)11-21-17(25)18(26)23-15-9-5-13(20)6-10-15/h3-10H,2,11H2,1H3,(H,21,25)(H,22,24)(H,23,26). The molecule has 0 heterocycles. The molecule has 2 aromatic carbocycles. The van der Waals surface area contributed by atoms with Gasteiger partial charge in [-0.1, -0.05) is 15.9 Å². The van der Waals surface area contributed by atoms with E-state index >= 15 is 0 Å². The molecule has 0 aliphatic carbocycles. The van der Waals surface area contributed by atoms with Gasteiger partial charge in [-0.3, -0.25) is 14.4 Å². The van der Waals surface area contributed by atoms with Gasteiger partial charge in [0.2, 0.25) is 5.91 Å². The van der Waals surface area contributed by atoms with Gasteiger partial charge >= 0.3 is 17.8 Å². The predicted octanol–water partition coefficient (Wildman–Crippen LogP) is 2.32. The molecule has 28 heavy (non-hydrogen) atoms. The summed E-state index contributed by atoms with van der Waals surface area (Å²) in [6.07, 6.45) is 0. The average Bonchev–Trinajstić information content (AvgIpc) is 2.68. The first kappa shape index (κ1) is 21.1. The maximum absolute atomic E-state index is 11.9. The molecule has 0 aliphatic heterocycles. The van der Waals surface area contributed by atoms with Crippen molar-refractivity contribution >= 4 is 51.0 Å². The number of benzene rings is 2. The second-order valence-electron chi connectivity index (χ2n) is 5.49. The zero-order valence-corrected chi connectivity index (χ0v) is 16.5. The number of amides is 3. The highest BCUT2D eigenvalue weighted by atomic mass is 79.9. The lowest BCUT2D eigenvalue weighted by Crippen LogP contribution is -2.39. The van der Waals surface area contributed by atoms with Crippen molar-refractivity contribution in [1.82, 2.24) is 5.32 Å². The van der Waals surface area contributed by atoms with E-state index in [4.69, 9.17) is 4.74 Å². The van der Waals surface area contributed by atoms with Crippen LogP contribution in [0.5, 0.6) is 0 Å². The molecule has 0 fully saturated rings. The Morgan fingerprint density at radius 3 is 2.04 bits per heavy atom. The van der Waals surface area contributed by atoms with E-state index in [0.717, 1.165) is 4.47 Å². The lowest BCUT2D eigenvalue weighted by Gasteiger charge is -2.08. The number of carbonyl (C=O) groups is 4. The van der Waals surface area contributed by atoms with E-state index < -0.39 is 23.7 Å². The largest absolute Gasteiger partial charge is 0.462 e. The summed E-state index contributed by atoms with van der Waals surface area (Å²) < 4.78 is 5.71. The van der Waals surface area contributed by atoms with Crippen molar-refractivity contribution in [3.05, 3.63) is 58.6 Å². The number of hydrogen-bond acceptors (Lipinski definition) is 5. The maximum Gasteiger partial charge on any atom is 0.338 e. The van der Waals surface area contributed by atoms with Gasteiger partial charge < -0.3 is 20.7 Å². The third kappa shape index (κ3) is 6.51. The SMILES string of the molecule is CCOC(=O)c1ccc(NC(=O)CNC(=O)C(=O)Nc2ccc(Br)cc2)cc1. The van der Waals surface area contributed by atoms with E-state index in [1.165, 1.54) is 24.3 Å². The van der Waals surface area contributed by atoms with Crippen LogP contribution >= 0.6 is 15.9 Å². The quantitative estimate of drug-likeness (QED) is 0.464. The van der Waals surface area contributed by atoms with Crippen LogP contribution < -0.4 is 16.0 Å². The number of hydrogen-bond donors (Lipinski definition) is 3. The van der Waals surface area contributed by atoms with Crippen molar-refractivity contribution in [1.29, 1.82) is 0 Å². The number of halogens is 1. The van der Waals surface area contributed by atoms with E-state index in [1.54, 1.807) is 31.2 Å². The van der Waals surface area contributed by atoms with Gasteiger partial charge in [0, 0.05) is 15.8 Å². The maximum atomic E-state index is 11.9. The molecule has 0 saturated carbocycles. The number of esters is 1. The van der Waals surface area contributed by atoms with Gasteiger partial charge in [-0.2, -0.15) is 0 Å². The topological polar surface area (TPSA) is 114 Å². The van der Waals surface area contributed by atoms with Gasteiger partial charge in [0.15, 0.2) is 0 Å². The average molecular weight is 448 g/mol. The molecule has 8 nitrogen and oxygen atoms in total. The molecule has 3 N–H and O–H groups in total. The number of nitrogens with one attached hydrogen (secondary N) is 3. The Morgan fingerprint density at radius 2 is 1.43 bits per heavy atom. The summed E-state index contributed by atoms with van der Waals surface area (Å²) in [6, 6.07) is 12.8. The molecule has 0 bridgehead atoms. The van der Waals surface area contributed by atoms with Crippen LogP contribution in [0.15, 0.2) is 53.0 Å². The van der Waals surface area contributed by atoms with Crippen molar-refractivity contribution in [2.45, 2.75) is 6.92 Å². The van der Waals surface area contributed by atoms with Crippen LogP contribution in [0.3, 0.4) is 0 Å². The van der Waals surface area contributed by atoms with E-state index in [-0.39, 0.29) is 13.2 Å². The lowest BCUT2D eigenvalue weighted by atomic mass is 10.2. The van der Waals surface area contributed by atoms with E-state index in [0.29, 0.717) is 16.9 Å². The molecule has 0 unspecified atom stereocenters. The number of carbonyl (C=O) groups excluding carboxylic acids is 4. The third-order valence-corrected chi connectivity index (χ3v) is 3.93. The van der Waals surface area contributed by atoms with Crippen LogP contribution in [0, 0.1) is 0 Å².